The molecule has 19 heavy (non-hydrogen) atoms. The van der Waals surface area contributed by atoms with Gasteiger partial charge in [0.1, 0.15) is 0 Å². The van der Waals surface area contributed by atoms with Gasteiger partial charge in [-0.05, 0) is 30.7 Å². The van der Waals surface area contributed by atoms with Crippen LogP contribution in [0.3, 0.4) is 0 Å². The zero-order chi connectivity index (χ0) is 13.7. The molecule has 1 amide bonds. The van der Waals surface area contributed by atoms with E-state index in [1.807, 2.05) is 19.1 Å². The summed E-state index contributed by atoms with van der Waals surface area (Å²) in [5.74, 6) is -0.0549. The zero-order valence-corrected chi connectivity index (χ0v) is 12.0. The monoisotopic (exact) mass is 281 g/mol. The summed E-state index contributed by atoms with van der Waals surface area (Å²) >= 11 is 5.95. The van der Waals surface area contributed by atoms with Gasteiger partial charge in [-0.2, -0.15) is 0 Å². The third-order valence-electron chi connectivity index (χ3n) is 3.23. The van der Waals surface area contributed by atoms with Crippen molar-refractivity contribution >= 4 is 17.5 Å². The third kappa shape index (κ3) is 4.49. The standard InChI is InChI=1S/C14H20ClN3O/c1-11-8-12(10-13(15)9-11)14(19)17-4-7-18-5-2-16-3-6-18/h8-10,16H,2-7H2,1H3,(H,17,19). The van der Waals surface area contributed by atoms with E-state index in [0.717, 1.165) is 38.3 Å². The summed E-state index contributed by atoms with van der Waals surface area (Å²) in [5.41, 5.74) is 1.63. The van der Waals surface area contributed by atoms with E-state index < -0.39 is 0 Å². The molecule has 0 spiro atoms. The van der Waals surface area contributed by atoms with Gasteiger partial charge in [0.2, 0.25) is 0 Å². The average molecular weight is 282 g/mol. The maximum atomic E-state index is 12.0. The first-order valence-electron chi connectivity index (χ1n) is 6.63. The second-order valence-corrected chi connectivity index (χ2v) is 5.30. The Morgan fingerprint density at radius 3 is 2.79 bits per heavy atom. The Morgan fingerprint density at radius 2 is 2.11 bits per heavy atom. The predicted molar refractivity (Wildman–Crippen MR) is 77.8 cm³/mol. The summed E-state index contributed by atoms with van der Waals surface area (Å²) in [6, 6.07) is 5.40. The van der Waals surface area contributed by atoms with Crippen LogP contribution in [-0.2, 0) is 0 Å². The first-order valence-corrected chi connectivity index (χ1v) is 7.01. The van der Waals surface area contributed by atoms with Crippen molar-refractivity contribution in [1.29, 1.82) is 0 Å². The van der Waals surface area contributed by atoms with Gasteiger partial charge in [0.05, 0.1) is 0 Å². The molecule has 0 atom stereocenters. The number of piperazine rings is 1. The normalized spacial score (nSPS) is 16.3. The predicted octanol–water partition coefficient (Wildman–Crippen LogP) is 1.28. The fraction of sp³-hybridized carbons (Fsp3) is 0.500. The molecule has 0 aromatic heterocycles. The number of hydrogen-bond donors (Lipinski definition) is 2. The topological polar surface area (TPSA) is 44.4 Å². The molecule has 0 saturated carbocycles. The second kappa shape index (κ2) is 6.89. The largest absolute Gasteiger partial charge is 0.351 e. The molecule has 1 aromatic rings. The number of rotatable bonds is 4. The van der Waals surface area contributed by atoms with Crippen LogP contribution in [0, 0.1) is 6.92 Å². The quantitative estimate of drug-likeness (QED) is 0.874. The molecular weight excluding hydrogens is 262 g/mol. The van der Waals surface area contributed by atoms with Gasteiger partial charge in [-0.1, -0.05) is 11.6 Å². The molecule has 2 rings (SSSR count). The SMILES string of the molecule is Cc1cc(Cl)cc(C(=O)NCCN2CCNCC2)c1. The number of hydrogen-bond acceptors (Lipinski definition) is 3. The van der Waals surface area contributed by atoms with Crippen LogP contribution in [0.15, 0.2) is 18.2 Å². The Hall–Kier alpha value is -1.10. The van der Waals surface area contributed by atoms with Crippen molar-refractivity contribution in [2.75, 3.05) is 39.3 Å². The molecule has 104 valence electrons. The molecule has 5 heteroatoms. The molecule has 2 N–H and O–H groups in total. The fourth-order valence-corrected chi connectivity index (χ4v) is 2.52. The summed E-state index contributed by atoms with van der Waals surface area (Å²) in [5, 5.41) is 6.85. The number of halogens is 1. The van der Waals surface area contributed by atoms with Crippen molar-refractivity contribution in [3.8, 4) is 0 Å². The Balaban J connectivity index is 1.80. The van der Waals surface area contributed by atoms with Crippen LogP contribution in [0.4, 0.5) is 0 Å². The number of nitrogens with one attached hydrogen (secondary N) is 2. The molecule has 1 aromatic carbocycles. The van der Waals surface area contributed by atoms with E-state index in [1.165, 1.54) is 0 Å². The number of nitrogens with zero attached hydrogens (tertiary/aromatic N) is 1. The molecule has 4 nitrogen and oxygen atoms in total. The summed E-state index contributed by atoms with van der Waals surface area (Å²) in [6.45, 7) is 7.65. The maximum Gasteiger partial charge on any atom is 0.251 e. The van der Waals surface area contributed by atoms with E-state index in [-0.39, 0.29) is 5.91 Å². The second-order valence-electron chi connectivity index (χ2n) is 4.86. The number of aryl methyl sites for hydroxylation is 1. The highest BCUT2D eigenvalue weighted by molar-refractivity contribution is 6.31. The lowest BCUT2D eigenvalue weighted by Crippen LogP contribution is -2.46. The zero-order valence-electron chi connectivity index (χ0n) is 11.2. The number of amides is 1. The minimum absolute atomic E-state index is 0.0549. The van der Waals surface area contributed by atoms with Gasteiger partial charge in [0.25, 0.3) is 5.91 Å². The van der Waals surface area contributed by atoms with E-state index in [1.54, 1.807) is 6.07 Å². The minimum atomic E-state index is -0.0549. The molecule has 0 unspecified atom stereocenters. The summed E-state index contributed by atoms with van der Waals surface area (Å²) in [4.78, 5) is 14.3. The van der Waals surface area contributed by atoms with Crippen LogP contribution in [0.5, 0.6) is 0 Å². The van der Waals surface area contributed by atoms with Gasteiger partial charge in [-0.15, -0.1) is 0 Å². The Labute approximate surface area is 119 Å². The Morgan fingerprint density at radius 1 is 1.37 bits per heavy atom. The Bertz CT molecular complexity index is 424. The molecule has 0 bridgehead atoms. The molecule has 1 fully saturated rings. The van der Waals surface area contributed by atoms with Gasteiger partial charge in [-0.3, -0.25) is 9.69 Å². The van der Waals surface area contributed by atoms with Gasteiger partial charge >= 0.3 is 0 Å². The lowest BCUT2D eigenvalue weighted by molar-refractivity contribution is 0.0947. The molecular formula is C14H20ClN3O. The third-order valence-corrected chi connectivity index (χ3v) is 3.45. The van der Waals surface area contributed by atoms with Gasteiger partial charge < -0.3 is 10.6 Å². The summed E-state index contributed by atoms with van der Waals surface area (Å²) in [7, 11) is 0. The van der Waals surface area contributed by atoms with Gasteiger partial charge in [0, 0.05) is 49.9 Å². The first-order chi connectivity index (χ1) is 9.15. The van der Waals surface area contributed by atoms with Crippen LogP contribution in [-0.4, -0.2) is 50.1 Å². The van der Waals surface area contributed by atoms with Crippen LogP contribution in [0.2, 0.25) is 5.02 Å². The maximum absolute atomic E-state index is 12.0. The minimum Gasteiger partial charge on any atom is -0.351 e. The average Bonchev–Trinajstić information content (AvgIpc) is 2.38. The van der Waals surface area contributed by atoms with Gasteiger partial charge in [0.15, 0.2) is 0 Å². The van der Waals surface area contributed by atoms with Crippen molar-refractivity contribution in [2.45, 2.75) is 6.92 Å². The van der Waals surface area contributed by atoms with Crippen LogP contribution < -0.4 is 10.6 Å². The highest BCUT2D eigenvalue weighted by Gasteiger charge is 2.10. The molecule has 1 heterocycles. The fourth-order valence-electron chi connectivity index (χ4n) is 2.23. The van der Waals surface area contributed by atoms with Crippen molar-refractivity contribution in [3.63, 3.8) is 0 Å². The van der Waals surface area contributed by atoms with Crippen molar-refractivity contribution in [3.05, 3.63) is 34.3 Å². The van der Waals surface area contributed by atoms with E-state index >= 15 is 0 Å². The highest BCUT2D eigenvalue weighted by Crippen LogP contribution is 2.14. The van der Waals surface area contributed by atoms with Crippen molar-refractivity contribution < 1.29 is 4.79 Å². The molecule has 0 radical (unpaired) electrons. The molecule has 1 aliphatic heterocycles. The van der Waals surface area contributed by atoms with E-state index in [4.69, 9.17) is 11.6 Å². The lowest BCUT2D eigenvalue weighted by Gasteiger charge is -2.27. The highest BCUT2D eigenvalue weighted by atomic mass is 35.5. The van der Waals surface area contributed by atoms with E-state index in [9.17, 15) is 4.79 Å². The lowest BCUT2D eigenvalue weighted by atomic mass is 10.1. The van der Waals surface area contributed by atoms with Crippen LogP contribution in [0.1, 0.15) is 15.9 Å². The molecule has 1 aliphatic rings. The number of benzene rings is 1. The van der Waals surface area contributed by atoms with Crippen LogP contribution in [0.25, 0.3) is 0 Å². The van der Waals surface area contributed by atoms with Crippen molar-refractivity contribution in [1.82, 2.24) is 15.5 Å². The first kappa shape index (κ1) is 14.3. The smallest absolute Gasteiger partial charge is 0.251 e. The number of carbonyl (C=O) groups is 1. The summed E-state index contributed by atoms with van der Waals surface area (Å²) in [6.07, 6.45) is 0. The van der Waals surface area contributed by atoms with E-state index in [0.29, 0.717) is 17.1 Å². The molecule has 0 aliphatic carbocycles. The summed E-state index contributed by atoms with van der Waals surface area (Å²) < 4.78 is 0. The molecule has 1 saturated heterocycles. The van der Waals surface area contributed by atoms with Crippen LogP contribution >= 0.6 is 11.6 Å². The van der Waals surface area contributed by atoms with Crippen molar-refractivity contribution in [2.24, 2.45) is 0 Å². The number of carbonyl (C=O) groups excluding carboxylic acids is 1. The van der Waals surface area contributed by atoms with Gasteiger partial charge in [-0.25, -0.2) is 0 Å². The van der Waals surface area contributed by atoms with E-state index in [2.05, 4.69) is 15.5 Å². The Kier molecular flexibility index (Phi) is 5.19.